The molecule has 1 nitrogen and oxygen atoms in total. The summed E-state index contributed by atoms with van der Waals surface area (Å²) in [4.78, 5) is 0. The minimum atomic E-state index is -0.768. The Morgan fingerprint density at radius 1 is 1.18 bits per heavy atom. The van der Waals surface area contributed by atoms with Crippen LogP contribution in [0.15, 0.2) is 18.2 Å². The lowest BCUT2D eigenvalue weighted by Crippen LogP contribution is -2.14. The molecule has 1 aliphatic heterocycles. The van der Waals surface area contributed by atoms with Crippen molar-refractivity contribution in [2.75, 3.05) is 11.9 Å². The van der Waals surface area contributed by atoms with Gasteiger partial charge in [0.1, 0.15) is 6.17 Å². The van der Waals surface area contributed by atoms with Gasteiger partial charge in [-0.3, -0.25) is 0 Å². The van der Waals surface area contributed by atoms with Gasteiger partial charge in [0.05, 0.1) is 0 Å². The van der Waals surface area contributed by atoms with Gasteiger partial charge >= 0.3 is 0 Å². The highest BCUT2D eigenvalue weighted by atomic mass is 19.1. The van der Waals surface area contributed by atoms with Gasteiger partial charge in [-0.25, -0.2) is 4.39 Å². The lowest BCUT2D eigenvalue weighted by atomic mass is 9.83. The monoisotopic (exact) mass is 233 g/mol. The number of para-hydroxylation sites is 1. The van der Waals surface area contributed by atoms with Crippen LogP contribution < -0.4 is 5.32 Å². The minimum absolute atomic E-state index is 0.248. The molecule has 1 fully saturated rings. The maximum Gasteiger partial charge on any atom is 0.130 e. The Balaban J connectivity index is 1.85. The third-order valence-electron chi connectivity index (χ3n) is 4.24. The molecular formula is C15H20FN. The molecule has 0 radical (unpaired) electrons. The first-order valence-corrected chi connectivity index (χ1v) is 6.86. The van der Waals surface area contributed by atoms with Crippen LogP contribution in [0.4, 0.5) is 10.1 Å². The molecule has 0 bridgehead atoms. The third-order valence-corrected chi connectivity index (χ3v) is 4.24. The maximum atomic E-state index is 14.6. The normalized spacial score (nSPS) is 21.9. The standard InChI is InChI=1S/C15H20FN/c16-14(11-5-2-1-3-6-11)13-8-4-7-12-9-10-17-15(12)13/h4,7-8,11,14,17H,1-3,5-6,9-10H2. The Bertz CT molecular complexity index is 396. The average Bonchev–Trinajstić information content (AvgIpc) is 2.87. The molecule has 3 rings (SSSR count). The van der Waals surface area contributed by atoms with Crippen LogP contribution in [0.3, 0.4) is 0 Å². The van der Waals surface area contributed by atoms with Gasteiger partial charge in [-0.2, -0.15) is 0 Å². The van der Waals surface area contributed by atoms with E-state index in [2.05, 4.69) is 11.4 Å². The minimum Gasteiger partial charge on any atom is -0.384 e. The molecule has 2 heteroatoms. The maximum absolute atomic E-state index is 14.6. The second-order valence-electron chi connectivity index (χ2n) is 5.36. The summed E-state index contributed by atoms with van der Waals surface area (Å²) >= 11 is 0. The second-order valence-corrected chi connectivity index (χ2v) is 5.36. The zero-order valence-corrected chi connectivity index (χ0v) is 10.2. The Morgan fingerprint density at radius 3 is 2.82 bits per heavy atom. The molecular weight excluding hydrogens is 213 g/mol. The van der Waals surface area contributed by atoms with E-state index in [0.29, 0.717) is 0 Å². The number of rotatable bonds is 2. The summed E-state index contributed by atoms with van der Waals surface area (Å²) < 4.78 is 14.6. The molecule has 1 aromatic rings. The van der Waals surface area contributed by atoms with Crippen LogP contribution in [-0.2, 0) is 6.42 Å². The van der Waals surface area contributed by atoms with E-state index in [0.717, 1.165) is 37.1 Å². The summed E-state index contributed by atoms with van der Waals surface area (Å²) in [5.41, 5.74) is 3.29. The summed E-state index contributed by atoms with van der Waals surface area (Å²) in [6, 6.07) is 6.10. The van der Waals surface area contributed by atoms with Crippen molar-refractivity contribution >= 4 is 5.69 Å². The first kappa shape index (κ1) is 11.1. The summed E-state index contributed by atoms with van der Waals surface area (Å²) in [7, 11) is 0. The van der Waals surface area contributed by atoms with Gasteiger partial charge in [-0.1, -0.05) is 37.5 Å². The van der Waals surface area contributed by atoms with Crippen molar-refractivity contribution in [1.29, 1.82) is 0 Å². The van der Waals surface area contributed by atoms with E-state index in [1.807, 2.05) is 12.1 Å². The zero-order chi connectivity index (χ0) is 11.7. The first-order valence-electron chi connectivity index (χ1n) is 6.86. The van der Waals surface area contributed by atoms with Crippen molar-refractivity contribution in [2.45, 2.75) is 44.7 Å². The van der Waals surface area contributed by atoms with Crippen LogP contribution in [0.5, 0.6) is 0 Å². The quantitative estimate of drug-likeness (QED) is 0.805. The molecule has 1 N–H and O–H groups in total. The zero-order valence-electron chi connectivity index (χ0n) is 10.2. The molecule has 1 atom stereocenters. The van der Waals surface area contributed by atoms with Crippen molar-refractivity contribution in [3.8, 4) is 0 Å². The molecule has 92 valence electrons. The van der Waals surface area contributed by atoms with Gasteiger partial charge in [0.2, 0.25) is 0 Å². The topological polar surface area (TPSA) is 12.0 Å². The number of nitrogens with one attached hydrogen (secondary N) is 1. The number of anilines is 1. The molecule has 2 aliphatic rings. The highest BCUT2D eigenvalue weighted by Crippen LogP contribution is 2.41. The van der Waals surface area contributed by atoms with E-state index < -0.39 is 6.17 Å². The van der Waals surface area contributed by atoms with E-state index in [4.69, 9.17) is 0 Å². The largest absolute Gasteiger partial charge is 0.384 e. The van der Waals surface area contributed by atoms with Gasteiger partial charge in [0, 0.05) is 17.8 Å². The lowest BCUT2D eigenvalue weighted by Gasteiger charge is -2.26. The van der Waals surface area contributed by atoms with Gasteiger partial charge in [0.25, 0.3) is 0 Å². The Labute approximate surface area is 102 Å². The fourth-order valence-corrected chi connectivity index (χ4v) is 3.28. The Hall–Kier alpha value is -1.05. The molecule has 17 heavy (non-hydrogen) atoms. The van der Waals surface area contributed by atoms with E-state index in [-0.39, 0.29) is 5.92 Å². The van der Waals surface area contributed by atoms with E-state index in [1.54, 1.807) is 0 Å². The summed E-state index contributed by atoms with van der Waals surface area (Å²) in [6.07, 6.45) is 6.09. The third kappa shape index (κ3) is 2.05. The van der Waals surface area contributed by atoms with Crippen LogP contribution in [0, 0.1) is 5.92 Å². The number of benzene rings is 1. The molecule has 1 aliphatic carbocycles. The number of hydrogen-bond donors (Lipinski definition) is 1. The van der Waals surface area contributed by atoms with E-state index >= 15 is 0 Å². The SMILES string of the molecule is FC(c1cccc2c1NCC2)C1CCCCC1. The van der Waals surface area contributed by atoms with Gasteiger partial charge < -0.3 is 5.32 Å². The summed E-state index contributed by atoms with van der Waals surface area (Å²) in [6.45, 7) is 0.962. The van der Waals surface area contributed by atoms with Crippen LogP contribution in [0.2, 0.25) is 0 Å². The fraction of sp³-hybridized carbons (Fsp3) is 0.600. The molecule has 0 saturated heterocycles. The highest BCUT2D eigenvalue weighted by Gasteiger charge is 2.28. The number of alkyl halides is 1. The first-order chi connectivity index (χ1) is 8.36. The fourth-order valence-electron chi connectivity index (χ4n) is 3.28. The molecule has 0 amide bonds. The van der Waals surface area contributed by atoms with E-state index in [1.165, 1.54) is 24.8 Å². The predicted molar refractivity (Wildman–Crippen MR) is 69.1 cm³/mol. The lowest BCUT2D eigenvalue weighted by molar-refractivity contribution is 0.184. The highest BCUT2D eigenvalue weighted by molar-refractivity contribution is 5.62. The smallest absolute Gasteiger partial charge is 0.130 e. The predicted octanol–water partition coefficient (Wildman–Crippen LogP) is 4.25. The molecule has 1 saturated carbocycles. The van der Waals surface area contributed by atoms with Crippen molar-refractivity contribution in [2.24, 2.45) is 5.92 Å². The van der Waals surface area contributed by atoms with Crippen molar-refractivity contribution in [3.63, 3.8) is 0 Å². The summed E-state index contributed by atoms with van der Waals surface area (Å²) in [5.74, 6) is 0.248. The number of hydrogen-bond acceptors (Lipinski definition) is 1. The Kier molecular flexibility index (Phi) is 3.04. The molecule has 1 aromatic carbocycles. The molecule has 1 unspecified atom stereocenters. The van der Waals surface area contributed by atoms with Gasteiger partial charge in [-0.15, -0.1) is 0 Å². The van der Waals surface area contributed by atoms with Crippen LogP contribution in [-0.4, -0.2) is 6.54 Å². The summed E-state index contributed by atoms with van der Waals surface area (Å²) in [5, 5.41) is 3.35. The molecule has 0 aromatic heterocycles. The molecule has 0 spiro atoms. The van der Waals surface area contributed by atoms with E-state index in [9.17, 15) is 4.39 Å². The number of halogens is 1. The van der Waals surface area contributed by atoms with Crippen LogP contribution in [0.25, 0.3) is 0 Å². The average molecular weight is 233 g/mol. The Morgan fingerprint density at radius 2 is 2.00 bits per heavy atom. The van der Waals surface area contributed by atoms with Crippen LogP contribution >= 0.6 is 0 Å². The van der Waals surface area contributed by atoms with Gasteiger partial charge in [-0.05, 0) is 30.7 Å². The molecule has 1 heterocycles. The second kappa shape index (κ2) is 4.67. The van der Waals surface area contributed by atoms with Crippen molar-refractivity contribution < 1.29 is 4.39 Å². The van der Waals surface area contributed by atoms with Crippen molar-refractivity contribution in [1.82, 2.24) is 0 Å². The van der Waals surface area contributed by atoms with Crippen molar-refractivity contribution in [3.05, 3.63) is 29.3 Å². The van der Waals surface area contributed by atoms with Gasteiger partial charge in [0.15, 0.2) is 0 Å². The van der Waals surface area contributed by atoms with Crippen LogP contribution in [0.1, 0.15) is 49.4 Å². The number of fused-ring (bicyclic) bond motifs is 1.